The summed E-state index contributed by atoms with van der Waals surface area (Å²) in [5, 5.41) is 0. The molecule has 1 fully saturated rings. The first kappa shape index (κ1) is 19.6. The third-order valence-corrected chi connectivity index (χ3v) is 6.99. The van der Waals surface area contributed by atoms with Crippen LogP contribution in [-0.4, -0.2) is 51.8 Å². The van der Waals surface area contributed by atoms with Crippen molar-refractivity contribution in [3.63, 3.8) is 0 Å². The summed E-state index contributed by atoms with van der Waals surface area (Å²) in [6.45, 7) is 1.97. The number of hydrogen-bond acceptors (Lipinski definition) is 5. The average molecular weight is 416 g/mol. The Labute approximate surface area is 170 Å². The minimum Gasteiger partial charge on any atom is -0.486 e. The van der Waals surface area contributed by atoms with Crippen molar-refractivity contribution in [3.05, 3.63) is 53.6 Å². The number of nitrogens with zero attached hydrogens (tertiary/aromatic N) is 2. The lowest BCUT2D eigenvalue weighted by Gasteiger charge is -2.28. The lowest BCUT2D eigenvalue weighted by atomic mass is 10.1. The number of ether oxygens (including phenoxy) is 2. The molecule has 1 saturated heterocycles. The molecule has 2 heterocycles. The number of carbonyl (C=O) groups is 1. The number of hydrogen-bond donors (Lipinski definition) is 0. The second-order valence-corrected chi connectivity index (χ2v) is 9.29. The minimum atomic E-state index is -3.26. The van der Waals surface area contributed by atoms with Gasteiger partial charge < -0.3 is 14.4 Å². The van der Waals surface area contributed by atoms with E-state index in [1.165, 1.54) is 4.31 Å². The molecule has 2 aliphatic heterocycles. The molecule has 2 aromatic rings. The molecule has 2 aliphatic rings. The monoisotopic (exact) mass is 416 g/mol. The van der Waals surface area contributed by atoms with Crippen LogP contribution in [0.4, 0.5) is 5.69 Å². The molecular formula is C21H24N2O5S. The maximum Gasteiger partial charge on any atom is 0.253 e. The van der Waals surface area contributed by atoms with Crippen LogP contribution in [0, 0.1) is 0 Å². The van der Waals surface area contributed by atoms with E-state index in [1.807, 2.05) is 18.2 Å². The number of fused-ring (bicyclic) bond motifs is 1. The van der Waals surface area contributed by atoms with Gasteiger partial charge in [0.2, 0.25) is 10.0 Å². The highest BCUT2D eigenvalue weighted by atomic mass is 32.2. The van der Waals surface area contributed by atoms with Gasteiger partial charge >= 0.3 is 0 Å². The predicted molar refractivity (Wildman–Crippen MR) is 110 cm³/mol. The Kier molecular flexibility index (Phi) is 5.36. The van der Waals surface area contributed by atoms with Gasteiger partial charge in [0.25, 0.3) is 5.91 Å². The van der Waals surface area contributed by atoms with E-state index in [0.29, 0.717) is 49.7 Å². The fraction of sp³-hybridized carbons (Fsp3) is 0.381. The number of rotatable bonds is 4. The molecule has 0 N–H and O–H groups in total. The summed E-state index contributed by atoms with van der Waals surface area (Å²) in [5.41, 5.74) is 2.07. The van der Waals surface area contributed by atoms with Gasteiger partial charge in [-0.25, -0.2) is 8.42 Å². The van der Waals surface area contributed by atoms with E-state index in [0.717, 1.165) is 17.7 Å². The number of amides is 1. The van der Waals surface area contributed by atoms with Gasteiger partial charge in [0.05, 0.1) is 11.4 Å². The van der Waals surface area contributed by atoms with Gasteiger partial charge in [-0.1, -0.05) is 6.07 Å². The van der Waals surface area contributed by atoms with Gasteiger partial charge in [0.1, 0.15) is 13.2 Å². The van der Waals surface area contributed by atoms with E-state index in [-0.39, 0.29) is 11.7 Å². The van der Waals surface area contributed by atoms with E-state index >= 15 is 0 Å². The first-order valence-corrected chi connectivity index (χ1v) is 11.3. The normalized spacial score (nSPS) is 17.6. The van der Waals surface area contributed by atoms with Crippen LogP contribution >= 0.6 is 0 Å². The largest absolute Gasteiger partial charge is 0.486 e. The number of carbonyl (C=O) groups excluding carboxylic acids is 1. The maximum absolute atomic E-state index is 12.8. The van der Waals surface area contributed by atoms with Gasteiger partial charge in [0, 0.05) is 25.7 Å². The average Bonchev–Trinajstić information content (AvgIpc) is 2.73. The fourth-order valence-corrected chi connectivity index (χ4v) is 5.24. The lowest BCUT2D eigenvalue weighted by molar-refractivity contribution is 0.0785. The highest BCUT2D eigenvalue weighted by Crippen LogP contribution is 2.31. The van der Waals surface area contributed by atoms with Crippen LogP contribution in [0.2, 0.25) is 0 Å². The Balaban J connectivity index is 1.45. The van der Waals surface area contributed by atoms with E-state index in [9.17, 15) is 13.2 Å². The predicted octanol–water partition coefficient (Wildman–Crippen LogP) is 2.66. The lowest BCUT2D eigenvalue weighted by Crippen LogP contribution is -2.37. The molecule has 154 valence electrons. The topological polar surface area (TPSA) is 76.2 Å². The Morgan fingerprint density at radius 2 is 1.76 bits per heavy atom. The van der Waals surface area contributed by atoms with Gasteiger partial charge in [-0.3, -0.25) is 9.10 Å². The van der Waals surface area contributed by atoms with Crippen molar-refractivity contribution in [2.24, 2.45) is 0 Å². The number of anilines is 1. The van der Waals surface area contributed by atoms with Gasteiger partial charge in [-0.15, -0.1) is 0 Å². The molecule has 0 atom stereocenters. The molecule has 8 heteroatoms. The van der Waals surface area contributed by atoms with Crippen molar-refractivity contribution in [1.29, 1.82) is 0 Å². The van der Waals surface area contributed by atoms with Gasteiger partial charge in [-0.05, 0) is 54.8 Å². The summed E-state index contributed by atoms with van der Waals surface area (Å²) in [4.78, 5) is 14.4. The van der Waals surface area contributed by atoms with Crippen LogP contribution in [0.1, 0.15) is 28.8 Å². The van der Waals surface area contributed by atoms with Crippen molar-refractivity contribution < 1.29 is 22.7 Å². The molecule has 7 nitrogen and oxygen atoms in total. The molecule has 2 aromatic carbocycles. The van der Waals surface area contributed by atoms with E-state index in [4.69, 9.17) is 9.47 Å². The van der Waals surface area contributed by atoms with Gasteiger partial charge in [-0.2, -0.15) is 0 Å². The van der Waals surface area contributed by atoms with E-state index < -0.39 is 10.0 Å². The molecular weight excluding hydrogens is 392 g/mol. The van der Waals surface area contributed by atoms with Crippen LogP contribution in [0.5, 0.6) is 11.5 Å². The number of sulfonamides is 1. The highest BCUT2D eigenvalue weighted by molar-refractivity contribution is 7.92. The standard InChI is InChI=1S/C21H24N2O5S/c1-22(15-16-4-9-19-20(14-16)28-12-11-27-19)21(24)17-5-7-18(8-6-17)23-10-2-3-13-29(23,25)26/h4-9,14H,2-3,10-13,15H2,1H3. The van der Waals surface area contributed by atoms with Crippen LogP contribution in [0.3, 0.4) is 0 Å². The highest BCUT2D eigenvalue weighted by Gasteiger charge is 2.26. The van der Waals surface area contributed by atoms with E-state index in [2.05, 4.69) is 0 Å². The summed E-state index contributed by atoms with van der Waals surface area (Å²) in [7, 11) is -1.52. The van der Waals surface area contributed by atoms with Crippen LogP contribution in [0.15, 0.2) is 42.5 Å². The molecule has 0 spiro atoms. The summed E-state index contributed by atoms with van der Waals surface area (Å²) in [6, 6.07) is 12.4. The second kappa shape index (κ2) is 7.94. The molecule has 29 heavy (non-hydrogen) atoms. The zero-order valence-electron chi connectivity index (χ0n) is 16.3. The zero-order chi connectivity index (χ0) is 20.4. The van der Waals surface area contributed by atoms with Crippen molar-refractivity contribution in [1.82, 2.24) is 4.90 Å². The van der Waals surface area contributed by atoms with Crippen LogP contribution in [-0.2, 0) is 16.6 Å². The van der Waals surface area contributed by atoms with Crippen molar-refractivity contribution in [3.8, 4) is 11.5 Å². The molecule has 0 radical (unpaired) electrons. The zero-order valence-corrected chi connectivity index (χ0v) is 17.2. The quantitative estimate of drug-likeness (QED) is 0.766. The van der Waals surface area contributed by atoms with Crippen LogP contribution < -0.4 is 13.8 Å². The Morgan fingerprint density at radius 3 is 2.48 bits per heavy atom. The Hall–Kier alpha value is -2.74. The Morgan fingerprint density at radius 1 is 1.03 bits per heavy atom. The second-order valence-electron chi connectivity index (χ2n) is 7.28. The first-order valence-electron chi connectivity index (χ1n) is 9.68. The smallest absolute Gasteiger partial charge is 0.253 e. The summed E-state index contributed by atoms with van der Waals surface area (Å²) >= 11 is 0. The molecule has 1 amide bonds. The third kappa shape index (κ3) is 4.17. The van der Waals surface area contributed by atoms with Crippen molar-refractivity contribution >= 4 is 21.6 Å². The molecule has 4 rings (SSSR count). The van der Waals surface area contributed by atoms with Gasteiger partial charge in [0.15, 0.2) is 11.5 Å². The summed E-state index contributed by atoms with van der Waals surface area (Å²) in [5.74, 6) is 1.46. The van der Waals surface area contributed by atoms with Crippen molar-refractivity contribution in [2.45, 2.75) is 19.4 Å². The molecule has 0 saturated carbocycles. The third-order valence-electron chi connectivity index (χ3n) is 5.12. The number of benzene rings is 2. The summed E-state index contributed by atoms with van der Waals surface area (Å²) < 4.78 is 37.0. The summed E-state index contributed by atoms with van der Waals surface area (Å²) in [6.07, 6.45) is 1.54. The first-order chi connectivity index (χ1) is 13.9. The molecule has 0 unspecified atom stereocenters. The SMILES string of the molecule is CN(Cc1ccc2c(c1)OCCO2)C(=O)c1ccc(N2CCCCS2(=O)=O)cc1. The fourth-order valence-electron chi connectivity index (χ4n) is 3.60. The molecule has 0 aromatic heterocycles. The van der Waals surface area contributed by atoms with E-state index in [1.54, 1.807) is 36.2 Å². The molecule has 0 aliphatic carbocycles. The van der Waals surface area contributed by atoms with Crippen LogP contribution in [0.25, 0.3) is 0 Å². The maximum atomic E-state index is 12.8. The molecule has 0 bridgehead atoms. The Bertz CT molecular complexity index is 1000. The minimum absolute atomic E-state index is 0.132. The van der Waals surface area contributed by atoms with Crippen molar-refractivity contribution in [2.75, 3.05) is 36.9 Å².